The maximum Gasteiger partial charge on any atom is 0.223 e. The highest BCUT2D eigenvalue weighted by Gasteiger charge is 2.31. The minimum atomic E-state index is 0. The van der Waals surface area contributed by atoms with E-state index >= 15 is 0 Å². The Hall–Kier alpha value is -0.580. The zero-order valence-electron chi connectivity index (χ0n) is 10.4. The van der Waals surface area contributed by atoms with Crippen LogP contribution in [0.25, 0.3) is 0 Å². The number of carbonyl (C=O) groups excluding carboxylic acids is 1. The summed E-state index contributed by atoms with van der Waals surface area (Å²) in [7, 11) is 0. The van der Waals surface area contributed by atoms with Gasteiger partial charge in [0.2, 0.25) is 5.91 Å². The number of thiophene rings is 1. The monoisotopic (exact) mass is 288 g/mol. The summed E-state index contributed by atoms with van der Waals surface area (Å²) in [5.41, 5.74) is 5.69. The van der Waals surface area contributed by atoms with Gasteiger partial charge in [-0.25, -0.2) is 0 Å². The molecule has 1 aromatic rings. The second-order valence-electron chi connectivity index (χ2n) is 4.65. The summed E-state index contributed by atoms with van der Waals surface area (Å²) in [5, 5.41) is 5.11. The summed E-state index contributed by atoms with van der Waals surface area (Å²) >= 11 is 1.74. The molecule has 0 saturated heterocycles. The molecule has 0 unspecified atom stereocenters. The molecule has 0 radical (unpaired) electrons. The Morgan fingerprint density at radius 2 is 2.33 bits per heavy atom. The first-order valence-electron chi connectivity index (χ1n) is 6.31. The minimum Gasteiger partial charge on any atom is -0.355 e. The Balaban J connectivity index is 0.00000162. The van der Waals surface area contributed by atoms with Gasteiger partial charge < -0.3 is 11.1 Å². The summed E-state index contributed by atoms with van der Waals surface area (Å²) in [6.45, 7) is 1.39. The summed E-state index contributed by atoms with van der Waals surface area (Å²) in [6.07, 6.45) is 4.19. The van der Waals surface area contributed by atoms with Crippen LogP contribution in [0.2, 0.25) is 0 Å². The number of rotatable bonds is 5. The minimum absolute atomic E-state index is 0. The van der Waals surface area contributed by atoms with Gasteiger partial charge in [-0.05, 0) is 43.2 Å². The fourth-order valence-electron chi connectivity index (χ4n) is 2.56. The van der Waals surface area contributed by atoms with Crippen molar-refractivity contribution in [2.45, 2.75) is 25.7 Å². The molecule has 0 spiro atoms. The molecule has 1 amide bonds. The Kier molecular flexibility index (Phi) is 6.68. The van der Waals surface area contributed by atoms with E-state index in [1.807, 2.05) is 6.07 Å². The molecule has 3 nitrogen and oxygen atoms in total. The van der Waals surface area contributed by atoms with Gasteiger partial charge in [0.25, 0.3) is 0 Å². The lowest BCUT2D eigenvalue weighted by Gasteiger charge is -2.17. The number of hydrogen-bond acceptors (Lipinski definition) is 3. The van der Waals surface area contributed by atoms with Crippen molar-refractivity contribution < 1.29 is 4.79 Å². The highest BCUT2D eigenvalue weighted by Crippen LogP contribution is 2.30. The first kappa shape index (κ1) is 15.5. The summed E-state index contributed by atoms with van der Waals surface area (Å²) < 4.78 is 0. The van der Waals surface area contributed by atoms with Gasteiger partial charge in [-0.2, -0.15) is 0 Å². The van der Waals surface area contributed by atoms with Crippen LogP contribution in [0.4, 0.5) is 0 Å². The third kappa shape index (κ3) is 3.97. The van der Waals surface area contributed by atoms with Crippen molar-refractivity contribution in [3.05, 3.63) is 22.4 Å². The van der Waals surface area contributed by atoms with Gasteiger partial charge in [0, 0.05) is 17.3 Å². The van der Waals surface area contributed by atoms with E-state index in [2.05, 4.69) is 16.8 Å². The topological polar surface area (TPSA) is 55.1 Å². The largest absolute Gasteiger partial charge is 0.355 e. The summed E-state index contributed by atoms with van der Waals surface area (Å²) in [4.78, 5) is 13.3. The molecule has 1 heterocycles. The van der Waals surface area contributed by atoms with Crippen LogP contribution in [0.5, 0.6) is 0 Å². The fourth-order valence-corrected chi connectivity index (χ4v) is 3.27. The lowest BCUT2D eigenvalue weighted by Crippen LogP contribution is -2.36. The van der Waals surface area contributed by atoms with E-state index < -0.39 is 0 Å². The van der Waals surface area contributed by atoms with Crippen LogP contribution in [-0.2, 0) is 11.2 Å². The molecule has 1 aromatic heterocycles. The average molecular weight is 289 g/mol. The predicted octanol–water partition coefficient (Wildman–Crippen LogP) is 2.20. The maximum absolute atomic E-state index is 12.0. The van der Waals surface area contributed by atoms with Crippen LogP contribution in [-0.4, -0.2) is 19.0 Å². The molecule has 2 rings (SSSR count). The lowest BCUT2D eigenvalue weighted by atomic mass is 9.95. The van der Waals surface area contributed by atoms with Crippen LogP contribution in [0.1, 0.15) is 24.1 Å². The second kappa shape index (κ2) is 7.77. The quantitative estimate of drug-likeness (QED) is 0.873. The maximum atomic E-state index is 12.0. The first-order chi connectivity index (χ1) is 8.31. The van der Waals surface area contributed by atoms with E-state index in [1.54, 1.807) is 11.3 Å². The van der Waals surface area contributed by atoms with E-state index in [4.69, 9.17) is 5.73 Å². The number of halogens is 1. The van der Waals surface area contributed by atoms with E-state index in [-0.39, 0.29) is 24.2 Å². The molecule has 5 heteroatoms. The highest BCUT2D eigenvalue weighted by atomic mass is 35.5. The standard InChI is InChI=1S/C13H20N2OS.ClH/c14-9-10-3-1-5-12(10)13(16)15-7-6-11-4-2-8-17-11;/h2,4,8,10,12H,1,3,5-7,9,14H2,(H,15,16);1H/t10-,12-;/m1./s1. The third-order valence-corrected chi connectivity index (χ3v) is 4.49. The Morgan fingerprint density at radius 3 is 3.00 bits per heavy atom. The van der Waals surface area contributed by atoms with Gasteiger partial charge in [0.1, 0.15) is 0 Å². The van der Waals surface area contributed by atoms with Crippen LogP contribution < -0.4 is 11.1 Å². The van der Waals surface area contributed by atoms with Gasteiger partial charge >= 0.3 is 0 Å². The third-order valence-electron chi connectivity index (χ3n) is 3.55. The number of hydrogen-bond donors (Lipinski definition) is 2. The van der Waals surface area contributed by atoms with Crippen LogP contribution in [0.15, 0.2) is 17.5 Å². The molecule has 1 aliphatic rings. The molecule has 18 heavy (non-hydrogen) atoms. The lowest BCUT2D eigenvalue weighted by molar-refractivity contribution is -0.125. The molecule has 1 aliphatic carbocycles. The average Bonchev–Trinajstić information content (AvgIpc) is 2.99. The van der Waals surface area contributed by atoms with Gasteiger partial charge in [-0.15, -0.1) is 23.7 Å². The Morgan fingerprint density at radius 1 is 1.50 bits per heavy atom. The molecule has 2 atom stereocenters. The van der Waals surface area contributed by atoms with Crippen molar-refractivity contribution in [2.75, 3.05) is 13.1 Å². The Labute approximate surface area is 119 Å². The van der Waals surface area contributed by atoms with Crippen molar-refractivity contribution in [1.82, 2.24) is 5.32 Å². The van der Waals surface area contributed by atoms with Crippen molar-refractivity contribution >= 4 is 29.7 Å². The zero-order chi connectivity index (χ0) is 12.1. The van der Waals surface area contributed by atoms with Crippen LogP contribution in [0.3, 0.4) is 0 Å². The fraction of sp³-hybridized carbons (Fsp3) is 0.615. The predicted molar refractivity (Wildman–Crippen MR) is 78.2 cm³/mol. The van der Waals surface area contributed by atoms with Crippen LogP contribution in [0, 0.1) is 11.8 Å². The van der Waals surface area contributed by atoms with Crippen molar-refractivity contribution in [3.8, 4) is 0 Å². The molecule has 102 valence electrons. The van der Waals surface area contributed by atoms with Gasteiger partial charge in [0.05, 0.1) is 0 Å². The summed E-state index contributed by atoms with van der Waals surface area (Å²) in [6, 6.07) is 4.15. The molecule has 0 aliphatic heterocycles. The molecular formula is C13H21ClN2OS. The molecule has 0 bridgehead atoms. The molecule has 1 fully saturated rings. The first-order valence-corrected chi connectivity index (χ1v) is 7.19. The number of carbonyl (C=O) groups is 1. The Bertz CT molecular complexity index is 356. The highest BCUT2D eigenvalue weighted by molar-refractivity contribution is 7.09. The molecular weight excluding hydrogens is 268 g/mol. The van der Waals surface area contributed by atoms with E-state index in [1.165, 1.54) is 4.88 Å². The van der Waals surface area contributed by atoms with E-state index in [9.17, 15) is 4.79 Å². The number of nitrogens with one attached hydrogen (secondary N) is 1. The normalized spacial score (nSPS) is 22.5. The zero-order valence-corrected chi connectivity index (χ0v) is 12.1. The smallest absolute Gasteiger partial charge is 0.223 e. The second-order valence-corrected chi connectivity index (χ2v) is 5.69. The van der Waals surface area contributed by atoms with Gasteiger partial charge in [-0.3, -0.25) is 4.79 Å². The molecule has 1 saturated carbocycles. The number of nitrogens with two attached hydrogens (primary N) is 1. The van der Waals surface area contributed by atoms with Crippen molar-refractivity contribution in [2.24, 2.45) is 17.6 Å². The van der Waals surface area contributed by atoms with E-state index in [0.29, 0.717) is 12.5 Å². The van der Waals surface area contributed by atoms with Crippen LogP contribution >= 0.6 is 23.7 Å². The summed E-state index contributed by atoms with van der Waals surface area (Å²) in [5.74, 6) is 0.759. The van der Waals surface area contributed by atoms with Crippen molar-refractivity contribution in [3.63, 3.8) is 0 Å². The van der Waals surface area contributed by atoms with Gasteiger partial charge in [0.15, 0.2) is 0 Å². The molecule has 3 N–H and O–H groups in total. The molecule has 0 aromatic carbocycles. The van der Waals surface area contributed by atoms with Gasteiger partial charge in [-0.1, -0.05) is 12.5 Å². The van der Waals surface area contributed by atoms with E-state index in [0.717, 1.165) is 32.2 Å². The SMILES string of the molecule is Cl.NC[C@H]1CCC[C@H]1C(=O)NCCc1cccs1. The van der Waals surface area contributed by atoms with Crippen molar-refractivity contribution in [1.29, 1.82) is 0 Å². The number of amides is 1.